The summed E-state index contributed by atoms with van der Waals surface area (Å²) in [6, 6.07) is 0. The topological polar surface area (TPSA) is 0 Å². The molecule has 0 nitrogen and oxygen atoms in total. The van der Waals surface area contributed by atoms with Crippen LogP contribution in [0.4, 0.5) is 3.89 Å². The van der Waals surface area contributed by atoms with Gasteiger partial charge in [-0.2, -0.15) is 3.89 Å². The maximum absolute atomic E-state index is 12.8. The van der Waals surface area contributed by atoms with E-state index >= 15 is 0 Å². The molecule has 0 saturated carbocycles. The van der Waals surface area contributed by atoms with E-state index in [0.29, 0.717) is 0 Å². The van der Waals surface area contributed by atoms with Gasteiger partial charge < -0.3 is 0 Å². The summed E-state index contributed by atoms with van der Waals surface area (Å²) >= 11 is 0. The average Bonchev–Trinajstić information content (AvgIpc) is 1.63. The predicted octanol–water partition coefficient (Wildman–Crippen LogP) is 3.13. The lowest BCUT2D eigenvalue weighted by Crippen LogP contribution is -1.93. The molecule has 0 fully saturated rings. The zero-order valence-electron chi connectivity index (χ0n) is 6.61. The molecule has 9 heavy (non-hydrogen) atoms. The van der Waals surface area contributed by atoms with Crippen molar-refractivity contribution in [3.05, 3.63) is 0 Å². The number of hydrogen-bond donors (Lipinski definition) is 0. The van der Waals surface area contributed by atoms with Crippen molar-refractivity contribution >= 4 is 10.4 Å². The minimum atomic E-state index is -1.70. The number of unbranched alkanes of at least 4 members (excludes halogenated alkanes) is 2. The van der Waals surface area contributed by atoms with Gasteiger partial charge >= 0.3 is 0 Å². The van der Waals surface area contributed by atoms with Gasteiger partial charge in [-0.3, -0.25) is 0 Å². The molecule has 2 heteroatoms. The fraction of sp³-hybridized carbons (Fsp3) is 1.00. The second-order valence-corrected chi connectivity index (χ2v) is 6.03. The van der Waals surface area contributed by atoms with Crippen LogP contribution in [0.2, 0.25) is 0 Å². The lowest BCUT2D eigenvalue weighted by Gasteiger charge is -2.18. The highest BCUT2D eigenvalue weighted by Crippen LogP contribution is 2.41. The van der Waals surface area contributed by atoms with Gasteiger partial charge in [0.25, 0.3) is 0 Å². The Morgan fingerprint density at radius 1 is 1.22 bits per heavy atom. The van der Waals surface area contributed by atoms with E-state index in [1.54, 1.807) is 12.5 Å². The molecule has 0 aromatic rings. The molecule has 0 bridgehead atoms. The molecule has 0 heterocycles. The molecule has 0 N–H and O–H groups in total. The van der Waals surface area contributed by atoms with E-state index in [0.717, 1.165) is 12.2 Å². The van der Waals surface area contributed by atoms with Crippen molar-refractivity contribution in [1.29, 1.82) is 0 Å². The maximum atomic E-state index is 12.8. The molecule has 0 aromatic heterocycles. The van der Waals surface area contributed by atoms with Crippen LogP contribution in [-0.4, -0.2) is 18.3 Å². The highest BCUT2D eigenvalue weighted by atomic mass is 32.3. The minimum absolute atomic E-state index is 0.792. The Morgan fingerprint density at radius 2 is 1.78 bits per heavy atom. The van der Waals surface area contributed by atoms with Crippen LogP contribution in [0.15, 0.2) is 0 Å². The van der Waals surface area contributed by atoms with E-state index < -0.39 is 10.4 Å². The van der Waals surface area contributed by atoms with Gasteiger partial charge in [-0.05, 0) is 18.9 Å². The Bertz CT molecular complexity index is 65.8. The summed E-state index contributed by atoms with van der Waals surface area (Å²) in [5, 5.41) is 0. The van der Waals surface area contributed by atoms with Crippen molar-refractivity contribution in [2.24, 2.45) is 0 Å². The molecule has 0 radical (unpaired) electrons. The monoisotopic (exact) mass is 152 g/mol. The summed E-state index contributed by atoms with van der Waals surface area (Å²) in [5.41, 5.74) is 0. The third kappa shape index (κ3) is 8.28. The summed E-state index contributed by atoms with van der Waals surface area (Å²) in [5.74, 6) is 0.792. The van der Waals surface area contributed by atoms with Crippen LogP contribution in [-0.2, 0) is 0 Å². The third-order valence-electron chi connectivity index (χ3n) is 1.23. The molecule has 0 spiro atoms. The summed E-state index contributed by atoms with van der Waals surface area (Å²) < 4.78 is 12.8. The summed E-state index contributed by atoms with van der Waals surface area (Å²) in [6.07, 6.45) is 6.89. The molecular weight excluding hydrogens is 135 g/mol. The van der Waals surface area contributed by atoms with Crippen molar-refractivity contribution in [2.75, 3.05) is 18.3 Å². The highest BCUT2D eigenvalue weighted by molar-refractivity contribution is 8.28. The minimum Gasteiger partial charge on any atom is -0.190 e. The van der Waals surface area contributed by atoms with Gasteiger partial charge in [-0.15, -0.1) is 0 Å². The fourth-order valence-corrected chi connectivity index (χ4v) is 1.59. The Labute approximate surface area is 59.4 Å². The first-order chi connectivity index (χ1) is 4.06. The molecule has 0 aromatic carbocycles. The molecule has 0 rings (SSSR count). The van der Waals surface area contributed by atoms with Crippen LogP contribution in [0.1, 0.15) is 26.2 Å². The third-order valence-corrected chi connectivity index (χ3v) is 2.49. The normalized spacial score (nSPS) is 13.8. The first-order valence-electron chi connectivity index (χ1n) is 3.47. The van der Waals surface area contributed by atoms with Crippen molar-refractivity contribution in [2.45, 2.75) is 26.2 Å². The van der Waals surface area contributed by atoms with Crippen LogP contribution >= 0.6 is 10.4 Å². The summed E-state index contributed by atoms with van der Waals surface area (Å²) in [6.45, 7) is 2.14. The SMILES string of the molecule is CCCCCS(C)(C)F. The molecule has 0 aliphatic heterocycles. The van der Waals surface area contributed by atoms with Gasteiger partial charge in [-0.1, -0.05) is 30.2 Å². The second-order valence-electron chi connectivity index (χ2n) is 2.81. The summed E-state index contributed by atoms with van der Waals surface area (Å²) in [4.78, 5) is 0. The van der Waals surface area contributed by atoms with Crippen LogP contribution in [0, 0.1) is 0 Å². The quantitative estimate of drug-likeness (QED) is 0.543. The van der Waals surface area contributed by atoms with Crippen LogP contribution in [0.5, 0.6) is 0 Å². The largest absolute Gasteiger partial charge is 0.190 e. The fourth-order valence-electron chi connectivity index (χ4n) is 0.695. The van der Waals surface area contributed by atoms with Gasteiger partial charge in [0.15, 0.2) is 0 Å². The van der Waals surface area contributed by atoms with E-state index in [1.807, 2.05) is 0 Å². The Hall–Kier alpha value is 0.280. The van der Waals surface area contributed by atoms with Crippen molar-refractivity contribution in [3.63, 3.8) is 0 Å². The van der Waals surface area contributed by atoms with Crippen LogP contribution in [0.25, 0.3) is 0 Å². The molecular formula is C7H17FS. The number of rotatable bonds is 4. The van der Waals surface area contributed by atoms with E-state index in [-0.39, 0.29) is 0 Å². The summed E-state index contributed by atoms with van der Waals surface area (Å²) in [7, 11) is -1.70. The maximum Gasteiger partial charge on any atom is 0.00304 e. The average molecular weight is 152 g/mol. The molecule has 0 aliphatic carbocycles. The first-order valence-corrected chi connectivity index (χ1v) is 5.99. The van der Waals surface area contributed by atoms with Crippen molar-refractivity contribution in [1.82, 2.24) is 0 Å². The van der Waals surface area contributed by atoms with Gasteiger partial charge in [0.1, 0.15) is 0 Å². The van der Waals surface area contributed by atoms with Crippen molar-refractivity contribution < 1.29 is 3.89 Å². The zero-order valence-corrected chi connectivity index (χ0v) is 7.43. The van der Waals surface area contributed by atoms with E-state index in [1.165, 1.54) is 12.8 Å². The van der Waals surface area contributed by atoms with Crippen molar-refractivity contribution in [3.8, 4) is 0 Å². The van der Waals surface area contributed by atoms with Crippen LogP contribution in [0.3, 0.4) is 0 Å². The van der Waals surface area contributed by atoms with Gasteiger partial charge in [-0.25, -0.2) is 0 Å². The lowest BCUT2D eigenvalue weighted by molar-refractivity contribution is 0.764. The standard InChI is InChI=1S/C7H17FS/c1-4-5-6-7-9(2,3)8/h4-7H2,1-3H3. The zero-order chi connectivity index (χ0) is 7.33. The smallest absolute Gasteiger partial charge is 0.00304 e. The lowest BCUT2D eigenvalue weighted by atomic mass is 10.3. The van der Waals surface area contributed by atoms with E-state index in [4.69, 9.17) is 0 Å². The molecule has 0 atom stereocenters. The van der Waals surface area contributed by atoms with E-state index in [9.17, 15) is 3.89 Å². The molecule has 0 amide bonds. The second kappa shape index (κ2) is 4.15. The highest BCUT2D eigenvalue weighted by Gasteiger charge is 2.06. The van der Waals surface area contributed by atoms with Gasteiger partial charge in [0.05, 0.1) is 0 Å². The molecule has 0 saturated heterocycles. The van der Waals surface area contributed by atoms with Gasteiger partial charge in [0, 0.05) is 5.75 Å². The molecule has 0 unspecified atom stereocenters. The number of hydrogen-bond acceptors (Lipinski definition) is 0. The Morgan fingerprint density at radius 3 is 2.11 bits per heavy atom. The molecule has 0 aliphatic rings. The Balaban J connectivity index is 3.07. The predicted molar refractivity (Wildman–Crippen MR) is 44.9 cm³/mol. The number of halogens is 1. The molecule has 58 valence electrons. The Kier molecular flexibility index (Phi) is 4.28. The van der Waals surface area contributed by atoms with Crippen LogP contribution < -0.4 is 0 Å². The first kappa shape index (κ1) is 9.28. The van der Waals surface area contributed by atoms with E-state index in [2.05, 4.69) is 6.92 Å². The van der Waals surface area contributed by atoms with Gasteiger partial charge in [0.2, 0.25) is 0 Å².